The van der Waals surface area contributed by atoms with Gasteiger partial charge in [-0.1, -0.05) is 12.1 Å². The fourth-order valence-corrected chi connectivity index (χ4v) is 4.85. The van der Waals surface area contributed by atoms with Crippen LogP contribution in [0.1, 0.15) is 5.56 Å². The molecule has 0 aliphatic carbocycles. The number of rotatable bonds is 6. The molecule has 2 N–H and O–H groups in total. The number of hydrogen-bond donors (Lipinski definition) is 1. The van der Waals surface area contributed by atoms with E-state index in [1.54, 1.807) is 0 Å². The number of benzene rings is 1. The Bertz CT molecular complexity index is 708. The van der Waals surface area contributed by atoms with E-state index in [0.29, 0.717) is 9.27 Å². The average molecular weight is 350 g/mol. The van der Waals surface area contributed by atoms with E-state index in [9.17, 15) is 21.6 Å². The molecule has 1 rings (SSSR count). The molecule has 1 aromatic carbocycles. The van der Waals surface area contributed by atoms with Crippen molar-refractivity contribution in [1.82, 2.24) is 0 Å². The monoisotopic (exact) mass is 350 g/mol. The molecule has 0 unspecified atom stereocenters. The highest BCUT2D eigenvalue weighted by Crippen LogP contribution is 2.21. The van der Waals surface area contributed by atoms with Gasteiger partial charge in [0.1, 0.15) is 6.04 Å². The second-order valence-electron chi connectivity index (χ2n) is 4.72. The van der Waals surface area contributed by atoms with Gasteiger partial charge in [0.05, 0.1) is 25.3 Å². The van der Waals surface area contributed by atoms with Gasteiger partial charge in [-0.3, -0.25) is 4.79 Å². The lowest BCUT2D eigenvalue weighted by atomic mass is 10.1. The Balaban J connectivity index is 3.08. The minimum atomic E-state index is -3.98. The third-order valence-electron chi connectivity index (χ3n) is 2.71. The maximum atomic E-state index is 11.6. The Kier molecular flexibility index (Phi) is 5.54. The van der Waals surface area contributed by atoms with Crippen LogP contribution in [0.2, 0.25) is 0 Å². The molecule has 1 atom stereocenters. The van der Waals surface area contributed by atoms with E-state index in [-0.39, 0.29) is 12.1 Å². The van der Waals surface area contributed by atoms with Crippen molar-refractivity contribution in [2.75, 3.05) is 23.3 Å². The number of esters is 1. The zero-order chi connectivity index (χ0) is 17.1. The second kappa shape index (κ2) is 6.63. The van der Waals surface area contributed by atoms with E-state index in [2.05, 4.69) is 4.74 Å². The van der Waals surface area contributed by atoms with Crippen LogP contribution in [0.4, 0.5) is 5.69 Å². The van der Waals surface area contributed by atoms with Crippen LogP contribution >= 0.6 is 0 Å². The molecule has 0 spiro atoms. The largest absolute Gasteiger partial charge is 0.468 e. The van der Waals surface area contributed by atoms with E-state index in [1.165, 1.54) is 31.4 Å². The molecular weight excluding hydrogens is 332 g/mol. The fourth-order valence-electron chi connectivity index (χ4n) is 1.87. The van der Waals surface area contributed by atoms with Crippen molar-refractivity contribution in [1.29, 1.82) is 0 Å². The number of nitrogens with two attached hydrogens (primary N) is 1. The summed E-state index contributed by atoms with van der Waals surface area (Å²) in [7, 11) is -6.74. The summed E-state index contributed by atoms with van der Waals surface area (Å²) in [5.41, 5.74) is 6.25. The Labute approximate surface area is 130 Å². The van der Waals surface area contributed by atoms with E-state index < -0.39 is 32.1 Å². The van der Waals surface area contributed by atoms with Gasteiger partial charge in [-0.2, -0.15) is 3.71 Å². The molecule has 0 saturated carbocycles. The normalized spacial score (nSPS) is 13.5. The zero-order valence-corrected chi connectivity index (χ0v) is 14.0. The molecule has 10 heteroatoms. The van der Waals surface area contributed by atoms with Gasteiger partial charge in [0.15, 0.2) is 0 Å². The number of anilines is 1. The first-order valence-corrected chi connectivity index (χ1v) is 9.79. The molecule has 0 heterocycles. The van der Waals surface area contributed by atoms with Crippen LogP contribution in [0.25, 0.3) is 0 Å². The summed E-state index contributed by atoms with van der Waals surface area (Å²) >= 11 is 0. The van der Waals surface area contributed by atoms with Crippen molar-refractivity contribution in [3.63, 3.8) is 0 Å². The zero-order valence-electron chi connectivity index (χ0n) is 12.4. The third kappa shape index (κ3) is 4.68. The van der Waals surface area contributed by atoms with Gasteiger partial charge in [0.25, 0.3) is 0 Å². The average Bonchev–Trinajstić information content (AvgIpc) is 2.36. The highest BCUT2D eigenvalue weighted by molar-refractivity contribution is 8.09. The van der Waals surface area contributed by atoms with Crippen molar-refractivity contribution < 1.29 is 26.4 Å². The van der Waals surface area contributed by atoms with E-state index in [4.69, 9.17) is 5.73 Å². The lowest BCUT2D eigenvalue weighted by molar-refractivity contribution is -0.142. The number of ether oxygens (including phenoxy) is 1. The van der Waals surface area contributed by atoms with Gasteiger partial charge in [0.2, 0.25) is 20.0 Å². The van der Waals surface area contributed by atoms with Crippen LogP contribution in [0.15, 0.2) is 24.3 Å². The van der Waals surface area contributed by atoms with Gasteiger partial charge in [-0.05, 0) is 24.1 Å². The number of methoxy groups -OCH3 is 1. The molecule has 0 aromatic heterocycles. The Hall–Kier alpha value is -1.65. The molecule has 124 valence electrons. The molecule has 0 radical (unpaired) electrons. The molecule has 0 bridgehead atoms. The van der Waals surface area contributed by atoms with Crippen LogP contribution in [0.5, 0.6) is 0 Å². The molecule has 1 aromatic rings. The maximum Gasteiger partial charge on any atom is 0.322 e. The fraction of sp³-hybridized carbons (Fsp3) is 0.417. The highest BCUT2D eigenvalue weighted by Gasteiger charge is 2.27. The number of carbonyl (C=O) groups is 1. The minimum Gasteiger partial charge on any atom is -0.468 e. The standard InChI is InChI=1S/C12H18N2O6S2/c1-20-12(15)11(13)8-9-4-6-10(7-5-9)14(21(2,16)17)22(3,18)19/h4-7,11H,8,13H2,1-3H3/t11-/m0/s1. The summed E-state index contributed by atoms with van der Waals surface area (Å²) in [6.07, 6.45) is 1.79. The predicted molar refractivity (Wildman–Crippen MR) is 82.3 cm³/mol. The Morgan fingerprint density at radius 1 is 1.14 bits per heavy atom. The van der Waals surface area contributed by atoms with Crippen LogP contribution in [-0.2, 0) is 36.0 Å². The SMILES string of the molecule is COC(=O)[C@@H](N)Cc1ccc(N(S(C)(=O)=O)S(C)(=O)=O)cc1. The molecule has 0 aliphatic rings. The first-order chi connectivity index (χ1) is 9.96. The molecule has 0 aliphatic heterocycles. The van der Waals surface area contributed by atoms with Crippen LogP contribution in [0.3, 0.4) is 0 Å². The summed E-state index contributed by atoms with van der Waals surface area (Å²) < 4.78 is 51.4. The number of nitrogens with zero attached hydrogens (tertiary/aromatic N) is 1. The van der Waals surface area contributed by atoms with Gasteiger partial charge < -0.3 is 10.5 Å². The molecule has 8 nitrogen and oxygen atoms in total. The minimum absolute atomic E-state index is 0.0135. The summed E-state index contributed by atoms with van der Waals surface area (Å²) in [6.45, 7) is 0. The Morgan fingerprint density at radius 3 is 1.95 bits per heavy atom. The second-order valence-corrected chi connectivity index (χ2v) is 8.62. The number of hydrogen-bond acceptors (Lipinski definition) is 7. The maximum absolute atomic E-state index is 11.6. The smallest absolute Gasteiger partial charge is 0.322 e. The van der Waals surface area contributed by atoms with Crippen molar-refractivity contribution in [2.45, 2.75) is 12.5 Å². The third-order valence-corrected chi connectivity index (χ3v) is 5.96. The van der Waals surface area contributed by atoms with Gasteiger partial charge in [0, 0.05) is 0 Å². The van der Waals surface area contributed by atoms with Crippen LogP contribution in [-0.4, -0.2) is 48.5 Å². The van der Waals surface area contributed by atoms with Gasteiger partial charge in [-0.25, -0.2) is 16.8 Å². The first-order valence-electron chi connectivity index (χ1n) is 6.09. The van der Waals surface area contributed by atoms with Crippen molar-refractivity contribution >= 4 is 31.7 Å². The van der Waals surface area contributed by atoms with Gasteiger partial charge in [-0.15, -0.1) is 0 Å². The van der Waals surface area contributed by atoms with Crippen molar-refractivity contribution in [2.24, 2.45) is 5.73 Å². The van der Waals surface area contributed by atoms with Crippen LogP contribution < -0.4 is 9.44 Å². The summed E-state index contributed by atoms with van der Waals surface area (Å²) in [5, 5.41) is 0. The number of carbonyl (C=O) groups excluding carboxylic acids is 1. The van der Waals surface area contributed by atoms with Crippen molar-refractivity contribution in [3.8, 4) is 0 Å². The topological polar surface area (TPSA) is 124 Å². The number of sulfonamides is 2. The summed E-state index contributed by atoms with van der Waals surface area (Å²) in [4.78, 5) is 11.2. The lowest BCUT2D eigenvalue weighted by Crippen LogP contribution is -2.35. The van der Waals surface area contributed by atoms with Crippen LogP contribution in [0, 0.1) is 0 Å². The van der Waals surface area contributed by atoms with Gasteiger partial charge >= 0.3 is 5.97 Å². The summed E-state index contributed by atoms with van der Waals surface area (Å²) in [6, 6.07) is 4.82. The lowest BCUT2D eigenvalue weighted by Gasteiger charge is -2.20. The van der Waals surface area contributed by atoms with E-state index in [1.807, 2.05) is 0 Å². The highest BCUT2D eigenvalue weighted by atomic mass is 32.3. The Morgan fingerprint density at radius 2 is 1.59 bits per heavy atom. The van der Waals surface area contributed by atoms with Crippen molar-refractivity contribution in [3.05, 3.63) is 29.8 Å². The predicted octanol–water partition coefficient (Wildman–Crippen LogP) is -0.545. The first kappa shape index (κ1) is 18.4. The molecule has 0 saturated heterocycles. The van der Waals surface area contributed by atoms with E-state index >= 15 is 0 Å². The molecule has 0 fully saturated rings. The summed E-state index contributed by atoms with van der Waals surface area (Å²) in [5.74, 6) is -0.571. The van der Waals surface area contributed by atoms with E-state index in [0.717, 1.165) is 12.5 Å². The quantitative estimate of drug-likeness (QED) is 0.683. The molecular formula is C12H18N2O6S2. The molecule has 0 amide bonds. The molecule has 22 heavy (non-hydrogen) atoms.